The van der Waals surface area contributed by atoms with Crippen molar-refractivity contribution in [2.45, 2.75) is 118 Å². The standard InChI is InChI=1S/C35H54N2O/c1-23(2)7-6-8-24(3)30-15-16-31-29-14-13-27-21-28(38-22-25-9-11-26(12-10-25)33(36)37)17-19-34(27,4)32(29)18-20-35(30,31)5/h9-13,23-24,28-32H,6-8,14-22H2,1-5H3,(H3,36,37)/t24-,28+,29+,30-,31+,32+,34+,35-/m1/s1. The summed E-state index contributed by atoms with van der Waals surface area (Å²) < 4.78 is 6.45. The van der Waals surface area contributed by atoms with Crippen molar-refractivity contribution in [3.63, 3.8) is 0 Å². The van der Waals surface area contributed by atoms with Crippen molar-refractivity contribution < 1.29 is 4.74 Å². The maximum atomic E-state index is 7.59. The zero-order chi connectivity index (χ0) is 27.1. The molecule has 0 radical (unpaired) electrons. The van der Waals surface area contributed by atoms with E-state index in [9.17, 15) is 0 Å². The second kappa shape index (κ2) is 11.1. The lowest BCUT2D eigenvalue weighted by Crippen LogP contribution is -2.51. The minimum Gasteiger partial charge on any atom is -0.384 e. The highest BCUT2D eigenvalue weighted by Gasteiger charge is 2.59. The Labute approximate surface area is 232 Å². The van der Waals surface area contributed by atoms with Gasteiger partial charge in [0, 0.05) is 5.56 Å². The Morgan fingerprint density at radius 1 is 1.00 bits per heavy atom. The molecular formula is C35H54N2O. The number of allylic oxidation sites excluding steroid dienone is 1. The first kappa shape index (κ1) is 27.9. The van der Waals surface area contributed by atoms with Crippen molar-refractivity contribution in [1.82, 2.24) is 0 Å². The highest BCUT2D eigenvalue weighted by Crippen LogP contribution is 2.67. The highest BCUT2D eigenvalue weighted by atomic mass is 16.5. The van der Waals surface area contributed by atoms with Gasteiger partial charge in [0.2, 0.25) is 0 Å². The van der Waals surface area contributed by atoms with E-state index < -0.39 is 0 Å². The van der Waals surface area contributed by atoms with Crippen LogP contribution in [0.15, 0.2) is 35.9 Å². The molecule has 4 aliphatic carbocycles. The summed E-state index contributed by atoms with van der Waals surface area (Å²) in [5.41, 5.74) is 10.2. The van der Waals surface area contributed by atoms with E-state index in [1.165, 1.54) is 69.8 Å². The van der Waals surface area contributed by atoms with Crippen LogP contribution in [-0.2, 0) is 11.3 Å². The molecule has 0 aromatic heterocycles. The van der Waals surface area contributed by atoms with Crippen LogP contribution in [0.4, 0.5) is 0 Å². The molecule has 4 aliphatic rings. The van der Waals surface area contributed by atoms with Gasteiger partial charge in [-0.1, -0.05) is 89.8 Å². The molecule has 8 atom stereocenters. The lowest BCUT2D eigenvalue weighted by atomic mass is 9.47. The van der Waals surface area contributed by atoms with Crippen LogP contribution in [0.1, 0.15) is 116 Å². The summed E-state index contributed by atoms with van der Waals surface area (Å²) in [6.07, 6.45) is 18.0. The first-order chi connectivity index (χ1) is 18.1. The monoisotopic (exact) mass is 518 g/mol. The third-order valence-corrected chi connectivity index (χ3v) is 12.0. The van der Waals surface area contributed by atoms with Gasteiger partial charge in [0.1, 0.15) is 5.84 Å². The van der Waals surface area contributed by atoms with Crippen molar-refractivity contribution >= 4 is 5.84 Å². The number of benzene rings is 1. The van der Waals surface area contributed by atoms with Crippen molar-refractivity contribution in [1.29, 1.82) is 5.41 Å². The van der Waals surface area contributed by atoms with Crippen molar-refractivity contribution in [3.8, 4) is 0 Å². The van der Waals surface area contributed by atoms with Crippen LogP contribution < -0.4 is 5.73 Å². The summed E-state index contributed by atoms with van der Waals surface area (Å²) in [5.74, 6) is 5.49. The first-order valence-electron chi connectivity index (χ1n) is 15.9. The Morgan fingerprint density at radius 2 is 1.76 bits per heavy atom. The second-order valence-corrected chi connectivity index (χ2v) is 14.6. The molecule has 0 aliphatic heterocycles. The SMILES string of the molecule is CC(C)CCC[C@@H](C)[C@H]1CC[C@H]2[C@@H]3CC=C4C[C@@H](OCc5ccc(C(=N)N)cc5)CC[C@]4(C)[C@H]3CC[C@]12C. The zero-order valence-corrected chi connectivity index (χ0v) is 24.9. The van der Waals surface area contributed by atoms with Gasteiger partial charge in [0.25, 0.3) is 0 Å². The normalized spacial score (nSPS) is 37.2. The van der Waals surface area contributed by atoms with Crippen LogP contribution in [0.2, 0.25) is 0 Å². The van der Waals surface area contributed by atoms with Gasteiger partial charge >= 0.3 is 0 Å². The Bertz CT molecular complexity index is 1010. The molecule has 0 spiro atoms. The van der Waals surface area contributed by atoms with Crippen LogP contribution in [0.3, 0.4) is 0 Å². The average Bonchev–Trinajstić information content (AvgIpc) is 3.24. The second-order valence-electron chi connectivity index (χ2n) is 14.6. The average molecular weight is 519 g/mol. The van der Waals surface area contributed by atoms with Gasteiger partial charge in [-0.2, -0.15) is 0 Å². The number of nitrogens with one attached hydrogen (secondary N) is 1. The minimum atomic E-state index is 0.124. The number of hydrogen-bond acceptors (Lipinski definition) is 2. The maximum Gasteiger partial charge on any atom is 0.122 e. The molecule has 1 aromatic carbocycles. The molecule has 5 rings (SSSR count). The van der Waals surface area contributed by atoms with E-state index in [2.05, 4.69) is 40.7 Å². The molecular weight excluding hydrogens is 464 g/mol. The van der Waals surface area contributed by atoms with E-state index in [0.29, 0.717) is 23.5 Å². The van der Waals surface area contributed by atoms with Crippen LogP contribution in [0.5, 0.6) is 0 Å². The third kappa shape index (κ3) is 5.26. The van der Waals surface area contributed by atoms with E-state index in [-0.39, 0.29) is 5.84 Å². The Kier molecular flexibility index (Phi) is 8.17. The van der Waals surface area contributed by atoms with Crippen molar-refractivity contribution in [2.24, 2.45) is 52.1 Å². The van der Waals surface area contributed by atoms with Gasteiger partial charge in [-0.3, -0.25) is 5.41 Å². The largest absolute Gasteiger partial charge is 0.384 e. The molecule has 0 saturated heterocycles. The van der Waals surface area contributed by atoms with E-state index in [1.807, 2.05) is 24.3 Å². The molecule has 0 bridgehead atoms. The van der Waals surface area contributed by atoms with Gasteiger partial charge in [-0.15, -0.1) is 0 Å². The molecule has 3 fully saturated rings. The van der Waals surface area contributed by atoms with E-state index >= 15 is 0 Å². The molecule has 0 heterocycles. The summed E-state index contributed by atoms with van der Waals surface area (Å²) in [7, 11) is 0. The topological polar surface area (TPSA) is 59.1 Å². The van der Waals surface area contributed by atoms with Crippen LogP contribution >= 0.6 is 0 Å². The van der Waals surface area contributed by atoms with Gasteiger partial charge in [-0.25, -0.2) is 0 Å². The summed E-state index contributed by atoms with van der Waals surface area (Å²) in [6.45, 7) is 13.3. The van der Waals surface area contributed by atoms with E-state index in [1.54, 1.807) is 5.57 Å². The maximum absolute atomic E-state index is 7.59. The molecule has 3 N–H and O–H groups in total. The molecule has 3 heteroatoms. The van der Waals surface area contributed by atoms with Gasteiger partial charge in [0.05, 0.1) is 12.7 Å². The van der Waals surface area contributed by atoms with Crippen molar-refractivity contribution in [3.05, 3.63) is 47.0 Å². The summed E-state index contributed by atoms with van der Waals surface area (Å²) in [6, 6.07) is 7.96. The fraction of sp³-hybridized carbons (Fsp3) is 0.743. The Hall–Kier alpha value is -1.61. The molecule has 210 valence electrons. The van der Waals surface area contributed by atoms with E-state index in [4.69, 9.17) is 15.9 Å². The summed E-state index contributed by atoms with van der Waals surface area (Å²) in [4.78, 5) is 0. The van der Waals surface area contributed by atoms with Gasteiger partial charge in [-0.05, 0) is 103 Å². The van der Waals surface area contributed by atoms with Crippen LogP contribution in [-0.4, -0.2) is 11.9 Å². The smallest absolute Gasteiger partial charge is 0.122 e. The number of rotatable bonds is 9. The lowest BCUT2D eigenvalue weighted by molar-refractivity contribution is -0.0656. The van der Waals surface area contributed by atoms with Crippen molar-refractivity contribution in [2.75, 3.05) is 0 Å². The molecule has 0 unspecified atom stereocenters. The predicted octanol–water partition coefficient (Wildman–Crippen LogP) is 8.90. The van der Waals surface area contributed by atoms with Crippen LogP contribution in [0.25, 0.3) is 0 Å². The van der Waals surface area contributed by atoms with Gasteiger partial charge < -0.3 is 10.5 Å². The fourth-order valence-electron chi connectivity index (χ4n) is 9.79. The van der Waals surface area contributed by atoms with Gasteiger partial charge in [0.15, 0.2) is 0 Å². The number of nitrogen functional groups attached to an aromatic ring is 1. The van der Waals surface area contributed by atoms with Crippen LogP contribution in [0, 0.1) is 51.7 Å². The number of nitrogens with two attached hydrogens (primary N) is 1. The third-order valence-electron chi connectivity index (χ3n) is 12.0. The predicted molar refractivity (Wildman–Crippen MR) is 159 cm³/mol. The van der Waals surface area contributed by atoms with E-state index in [0.717, 1.165) is 47.5 Å². The molecule has 3 nitrogen and oxygen atoms in total. The minimum absolute atomic E-state index is 0.124. The highest BCUT2D eigenvalue weighted by molar-refractivity contribution is 5.94. The first-order valence-corrected chi connectivity index (χ1v) is 15.9. The molecule has 1 aromatic rings. The Balaban J connectivity index is 1.21. The fourth-order valence-corrected chi connectivity index (χ4v) is 9.79. The zero-order valence-electron chi connectivity index (χ0n) is 24.9. The molecule has 38 heavy (non-hydrogen) atoms. The molecule has 3 saturated carbocycles. The quantitative estimate of drug-likeness (QED) is 0.195. The number of ether oxygens (including phenoxy) is 1. The summed E-state index contributed by atoms with van der Waals surface area (Å²) in [5, 5.41) is 7.59. The number of amidine groups is 1. The lowest BCUT2D eigenvalue weighted by Gasteiger charge is -2.58. The summed E-state index contributed by atoms with van der Waals surface area (Å²) >= 11 is 0. The Morgan fingerprint density at radius 3 is 2.47 bits per heavy atom. The molecule has 0 amide bonds. The number of hydrogen-bond donors (Lipinski definition) is 2. The number of fused-ring (bicyclic) bond motifs is 5.